The number of hydrogen-bond acceptors (Lipinski definition) is 2. The lowest BCUT2D eigenvalue weighted by atomic mass is 9.87. The first kappa shape index (κ1) is 13.4. The standard InChI is InChI=1S/C18H18N2O/c1-3-13-18(19-14-9-5-4-6-10-14)15-11-7-8-12-16(15)20(2)17(18)21/h3-12,19H,1,13H2,2H3. The van der Waals surface area contributed by atoms with Crippen molar-refractivity contribution in [1.82, 2.24) is 0 Å². The van der Waals surface area contributed by atoms with Gasteiger partial charge in [-0.1, -0.05) is 42.5 Å². The van der Waals surface area contributed by atoms with Crippen LogP contribution in [0.5, 0.6) is 0 Å². The molecule has 1 aliphatic heterocycles. The number of anilines is 2. The largest absolute Gasteiger partial charge is 0.367 e. The predicted molar refractivity (Wildman–Crippen MR) is 86.4 cm³/mol. The van der Waals surface area contributed by atoms with Gasteiger partial charge in [-0.05, 0) is 18.2 Å². The second-order valence-electron chi connectivity index (χ2n) is 5.27. The Bertz CT molecular complexity index is 681. The number of benzene rings is 2. The smallest absolute Gasteiger partial charge is 0.257 e. The average molecular weight is 278 g/mol. The maximum absolute atomic E-state index is 12.9. The van der Waals surface area contributed by atoms with Crippen LogP contribution in [0.15, 0.2) is 67.3 Å². The highest BCUT2D eigenvalue weighted by atomic mass is 16.2. The normalized spacial score (nSPS) is 20.2. The summed E-state index contributed by atoms with van der Waals surface area (Å²) in [7, 11) is 1.82. The summed E-state index contributed by atoms with van der Waals surface area (Å²) in [5.41, 5.74) is 2.11. The fourth-order valence-electron chi connectivity index (χ4n) is 2.99. The van der Waals surface area contributed by atoms with E-state index in [-0.39, 0.29) is 5.91 Å². The lowest BCUT2D eigenvalue weighted by molar-refractivity contribution is -0.121. The predicted octanol–water partition coefficient (Wildman–Crippen LogP) is 3.55. The molecule has 1 N–H and O–H groups in total. The number of hydrogen-bond donors (Lipinski definition) is 1. The molecule has 0 fully saturated rings. The number of amides is 1. The Kier molecular flexibility index (Phi) is 3.26. The van der Waals surface area contributed by atoms with E-state index < -0.39 is 5.54 Å². The molecule has 106 valence electrons. The number of likely N-dealkylation sites (N-methyl/N-ethyl adjacent to an activating group) is 1. The van der Waals surface area contributed by atoms with Gasteiger partial charge < -0.3 is 10.2 Å². The third-order valence-electron chi connectivity index (χ3n) is 3.98. The molecule has 0 spiro atoms. The van der Waals surface area contributed by atoms with Gasteiger partial charge in [0.15, 0.2) is 0 Å². The van der Waals surface area contributed by atoms with E-state index in [2.05, 4.69) is 11.9 Å². The Morgan fingerprint density at radius 1 is 1.14 bits per heavy atom. The van der Waals surface area contributed by atoms with E-state index in [1.54, 1.807) is 11.0 Å². The molecule has 0 radical (unpaired) electrons. The lowest BCUT2D eigenvalue weighted by Gasteiger charge is -2.29. The molecule has 3 rings (SSSR count). The molecule has 0 bridgehead atoms. The molecule has 21 heavy (non-hydrogen) atoms. The van der Waals surface area contributed by atoms with Gasteiger partial charge in [0.1, 0.15) is 5.54 Å². The maximum Gasteiger partial charge on any atom is 0.257 e. The van der Waals surface area contributed by atoms with Crippen LogP contribution >= 0.6 is 0 Å². The molecule has 1 aliphatic rings. The highest BCUT2D eigenvalue weighted by Crippen LogP contribution is 2.43. The van der Waals surface area contributed by atoms with Crippen molar-refractivity contribution in [3.63, 3.8) is 0 Å². The van der Waals surface area contributed by atoms with E-state index in [9.17, 15) is 4.79 Å². The summed E-state index contributed by atoms with van der Waals surface area (Å²) in [4.78, 5) is 14.6. The van der Waals surface area contributed by atoms with Gasteiger partial charge >= 0.3 is 0 Å². The van der Waals surface area contributed by atoms with Crippen molar-refractivity contribution in [2.24, 2.45) is 0 Å². The maximum atomic E-state index is 12.9. The minimum Gasteiger partial charge on any atom is -0.367 e. The summed E-state index contributed by atoms with van der Waals surface area (Å²) in [5, 5.41) is 3.43. The quantitative estimate of drug-likeness (QED) is 0.867. The van der Waals surface area contributed by atoms with E-state index in [1.165, 1.54) is 0 Å². The molecular formula is C18H18N2O. The fraction of sp³-hybridized carbons (Fsp3) is 0.167. The van der Waals surface area contributed by atoms with E-state index in [0.29, 0.717) is 6.42 Å². The molecule has 1 atom stereocenters. The topological polar surface area (TPSA) is 32.3 Å². The molecule has 0 aliphatic carbocycles. The molecule has 2 aromatic carbocycles. The highest BCUT2D eigenvalue weighted by Gasteiger charge is 2.48. The van der Waals surface area contributed by atoms with E-state index in [0.717, 1.165) is 16.9 Å². The SMILES string of the molecule is C=CCC1(Nc2ccccc2)C(=O)N(C)c2ccccc21. The highest BCUT2D eigenvalue weighted by molar-refractivity contribution is 6.09. The molecule has 3 nitrogen and oxygen atoms in total. The number of nitrogens with zero attached hydrogens (tertiary/aromatic N) is 1. The lowest BCUT2D eigenvalue weighted by Crippen LogP contribution is -2.44. The summed E-state index contributed by atoms with van der Waals surface area (Å²) in [6.45, 7) is 3.83. The van der Waals surface area contributed by atoms with Crippen molar-refractivity contribution in [3.05, 3.63) is 72.8 Å². The van der Waals surface area contributed by atoms with E-state index in [1.807, 2.05) is 61.6 Å². The van der Waals surface area contributed by atoms with Crippen molar-refractivity contribution < 1.29 is 4.79 Å². The van der Waals surface area contributed by atoms with E-state index >= 15 is 0 Å². The summed E-state index contributed by atoms with van der Waals surface area (Å²) < 4.78 is 0. The first-order valence-corrected chi connectivity index (χ1v) is 7.01. The van der Waals surface area contributed by atoms with Gasteiger partial charge in [0.05, 0.1) is 0 Å². The number of fused-ring (bicyclic) bond motifs is 1. The number of carbonyl (C=O) groups is 1. The first-order valence-electron chi connectivity index (χ1n) is 7.01. The zero-order valence-corrected chi connectivity index (χ0v) is 12.0. The summed E-state index contributed by atoms with van der Waals surface area (Å²) in [6.07, 6.45) is 2.34. The van der Waals surface area contributed by atoms with Gasteiger partial charge in [-0.2, -0.15) is 0 Å². The second-order valence-corrected chi connectivity index (χ2v) is 5.27. The van der Waals surface area contributed by atoms with E-state index in [4.69, 9.17) is 0 Å². The van der Waals surface area contributed by atoms with Gasteiger partial charge in [0, 0.05) is 30.4 Å². The van der Waals surface area contributed by atoms with Crippen LogP contribution < -0.4 is 10.2 Å². The van der Waals surface area contributed by atoms with Gasteiger partial charge in [0.2, 0.25) is 0 Å². The number of carbonyl (C=O) groups excluding carboxylic acids is 1. The molecular weight excluding hydrogens is 260 g/mol. The number of rotatable bonds is 4. The molecule has 1 amide bonds. The number of para-hydroxylation sites is 2. The second kappa shape index (κ2) is 5.09. The van der Waals surface area contributed by atoms with Crippen LogP contribution in [0.2, 0.25) is 0 Å². The van der Waals surface area contributed by atoms with Crippen LogP contribution in [0.3, 0.4) is 0 Å². The van der Waals surface area contributed by atoms with Crippen molar-refractivity contribution in [2.75, 3.05) is 17.3 Å². The Hall–Kier alpha value is -2.55. The van der Waals surface area contributed by atoms with Gasteiger partial charge in [-0.25, -0.2) is 0 Å². The van der Waals surface area contributed by atoms with Crippen LogP contribution in [0.4, 0.5) is 11.4 Å². The molecule has 0 saturated carbocycles. The van der Waals surface area contributed by atoms with Crippen LogP contribution in [0.1, 0.15) is 12.0 Å². The summed E-state index contributed by atoms with van der Waals surface area (Å²) >= 11 is 0. The summed E-state index contributed by atoms with van der Waals surface area (Å²) in [6, 6.07) is 17.7. The molecule has 1 unspecified atom stereocenters. The van der Waals surface area contributed by atoms with Crippen molar-refractivity contribution >= 4 is 17.3 Å². The van der Waals surface area contributed by atoms with Crippen LogP contribution in [0, 0.1) is 0 Å². The Morgan fingerprint density at radius 3 is 2.52 bits per heavy atom. The zero-order chi connectivity index (χ0) is 14.9. The van der Waals surface area contributed by atoms with Crippen LogP contribution in [-0.4, -0.2) is 13.0 Å². The van der Waals surface area contributed by atoms with Gasteiger partial charge in [0.25, 0.3) is 5.91 Å². The van der Waals surface area contributed by atoms with Gasteiger partial charge in [-0.3, -0.25) is 4.79 Å². The van der Waals surface area contributed by atoms with Crippen molar-refractivity contribution in [1.29, 1.82) is 0 Å². The number of nitrogens with one attached hydrogen (secondary N) is 1. The minimum absolute atomic E-state index is 0.0486. The molecule has 0 saturated heterocycles. The van der Waals surface area contributed by atoms with Gasteiger partial charge in [-0.15, -0.1) is 6.58 Å². The Morgan fingerprint density at radius 2 is 1.81 bits per heavy atom. The van der Waals surface area contributed by atoms with Crippen molar-refractivity contribution in [3.8, 4) is 0 Å². The molecule has 3 heteroatoms. The third-order valence-corrected chi connectivity index (χ3v) is 3.98. The Labute approximate surface area is 124 Å². The monoisotopic (exact) mass is 278 g/mol. The van der Waals surface area contributed by atoms with Crippen LogP contribution in [0.25, 0.3) is 0 Å². The Balaban J connectivity index is 2.13. The first-order chi connectivity index (χ1) is 10.2. The van der Waals surface area contributed by atoms with Crippen molar-refractivity contribution in [2.45, 2.75) is 12.0 Å². The summed E-state index contributed by atoms with van der Waals surface area (Å²) in [5.74, 6) is 0.0486. The fourth-order valence-corrected chi connectivity index (χ4v) is 2.99. The molecule has 0 aromatic heterocycles. The molecule has 1 heterocycles. The minimum atomic E-state index is -0.769. The zero-order valence-electron chi connectivity index (χ0n) is 12.0. The van der Waals surface area contributed by atoms with Crippen LogP contribution in [-0.2, 0) is 10.3 Å². The average Bonchev–Trinajstić information content (AvgIpc) is 2.72. The molecule has 2 aromatic rings. The third kappa shape index (κ3) is 2.02.